The minimum Gasteiger partial charge on any atom is -0.450 e. The monoisotopic (exact) mass is 565 g/mol. The molecule has 13 nitrogen and oxygen atoms in total. The van der Waals surface area contributed by atoms with E-state index in [2.05, 4.69) is 25.3 Å². The van der Waals surface area contributed by atoms with Gasteiger partial charge in [0.1, 0.15) is 17.3 Å². The van der Waals surface area contributed by atoms with E-state index < -0.39 is 35.5 Å². The summed E-state index contributed by atoms with van der Waals surface area (Å²) in [6.45, 7) is 1.70. The van der Waals surface area contributed by atoms with Gasteiger partial charge < -0.3 is 35.0 Å². The summed E-state index contributed by atoms with van der Waals surface area (Å²) in [7, 11) is 0. The van der Waals surface area contributed by atoms with Crippen molar-refractivity contribution < 1.29 is 32.9 Å². The van der Waals surface area contributed by atoms with E-state index in [1.807, 2.05) is 0 Å². The number of carbonyl (C=O) groups excluding carboxylic acids is 2. The number of H-pyrrole nitrogens is 1. The van der Waals surface area contributed by atoms with E-state index in [-0.39, 0.29) is 25.1 Å². The fraction of sp³-hybridized carbons (Fsp3) is 0.407. The normalized spacial score (nSPS) is 24.0. The molecule has 0 bridgehead atoms. The van der Waals surface area contributed by atoms with Crippen molar-refractivity contribution in [2.45, 2.75) is 31.7 Å². The number of nitriles is 1. The van der Waals surface area contributed by atoms with E-state index in [1.54, 1.807) is 18.3 Å². The number of esters is 1. The van der Waals surface area contributed by atoms with Crippen LogP contribution in [0.1, 0.15) is 25.6 Å². The van der Waals surface area contributed by atoms with Crippen molar-refractivity contribution in [1.82, 2.24) is 19.9 Å². The highest BCUT2D eigenvalue weighted by molar-refractivity contribution is 5.85. The maximum atomic E-state index is 13.7. The predicted octanol–water partition coefficient (Wildman–Crippen LogP) is 2.02. The van der Waals surface area contributed by atoms with Crippen LogP contribution < -0.4 is 11.1 Å². The first-order valence-corrected chi connectivity index (χ1v) is 12.9. The number of aromatic nitrogens is 4. The number of amides is 1. The van der Waals surface area contributed by atoms with E-state index in [0.717, 1.165) is 19.4 Å². The number of rotatable bonds is 9. The predicted molar refractivity (Wildman–Crippen MR) is 140 cm³/mol. The molecule has 2 aromatic heterocycles. The van der Waals surface area contributed by atoms with Crippen molar-refractivity contribution in [3.05, 3.63) is 48.2 Å². The van der Waals surface area contributed by atoms with Gasteiger partial charge >= 0.3 is 11.8 Å². The van der Waals surface area contributed by atoms with Crippen molar-refractivity contribution >= 4 is 17.8 Å². The van der Waals surface area contributed by atoms with Crippen LogP contribution in [0.2, 0.25) is 0 Å². The highest BCUT2D eigenvalue weighted by Crippen LogP contribution is 2.39. The van der Waals surface area contributed by atoms with Crippen LogP contribution in [-0.4, -0.2) is 70.9 Å². The molecule has 3 aromatic rings. The van der Waals surface area contributed by atoms with E-state index in [0.29, 0.717) is 35.1 Å². The number of halogens is 1. The Morgan fingerprint density at radius 1 is 1.24 bits per heavy atom. The third-order valence-corrected chi connectivity index (χ3v) is 6.83. The zero-order chi connectivity index (χ0) is 29.0. The Morgan fingerprint density at radius 2 is 2.00 bits per heavy atom. The molecular formula is C27H28FN7O6. The lowest BCUT2D eigenvalue weighted by molar-refractivity contribution is -0.293. The minimum atomic E-state index is -2.18. The topological polar surface area (TPSA) is 187 Å². The maximum Gasteiger partial charge on any atom is 0.317 e. The van der Waals surface area contributed by atoms with Crippen LogP contribution in [0.15, 0.2) is 36.5 Å². The van der Waals surface area contributed by atoms with Crippen molar-refractivity contribution in [3.8, 4) is 28.7 Å². The lowest BCUT2D eigenvalue weighted by Crippen LogP contribution is -2.56. The molecule has 2 saturated heterocycles. The number of hydrogen-bond donors (Lipinski definition) is 3. The fourth-order valence-electron chi connectivity index (χ4n) is 4.52. The molecule has 0 spiro atoms. The van der Waals surface area contributed by atoms with Gasteiger partial charge in [0.25, 0.3) is 5.91 Å². The fourth-order valence-corrected chi connectivity index (χ4v) is 4.52. The van der Waals surface area contributed by atoms with E-state index >= 15 is 0 Å². The number of carbonyl (C=O) groups is 2. The van der Waals surface area contributed by atoms with E-state index in [4.69, 9.17) is 29.9 Å². The average molecular weight is 566 g/mol. The smallest absolute Gasteiger partial charge is 0.317 e. The zero-order valence-corrected chi connectivity index (χ0v) is 22.2. The average Bonchev–Trinajstić information content (AvgIpc) is 3.67. The molecule has 14 heteroatoms. The summed E-state index contributed by atoms with van der Waals surface area (Å²) in [6, 6.07) is 8.97. The summed E-state index contributed by atoms with van der Waals surface area (Å²) in [5, 5.41) is 11.9. The quantitative estimate of drug-likeness (QED) is 0.322. The van der Waals surface area contributed by atoms with Gasteiger partial charge in [0, 0.05) is 24.9 Å². The highest BCUT2D eigenvalue weighted by Gasteiger charge is 2.54. The van der Waals surface area contributed by atoms with Gasteiger partial charge in [0.15, 0.2) is 12.4 Å². The summed E-state index contributed by atoms with van der Waals surface area (Å²) >= 11 is 0. The lowest BCUT2D eigenvalue weighted by Gasteiger charge is -2.40. The van der Waals surface area contributed by atoms with Crippen molar-refractivity contribution in [2.75, 3.05) is 38.3 Å². The molecule has 1 amide bonds. The number of anilines is 1. The summed E-state index contributed by atoms with van der Waals surface area (Å²) in [5.74, 6) is -4.12. The van der Waals surface area contributed by atoms with Crippen molar-refractivity contribution in [3.63, 3.8) is 0 Å². The molecule has 0 saturated carbocycles. The molecule has 0 radical (unpaired) electrons. The summed E-state index contributed by atoms with van der Waals surface area (Å²) in [6.07, 6.45) is 3.56. The number of ether oxygens (including phenoxy) is 4. The Morgan fingerprint density at radius 3 is 2.66 bits per heavy atom. The second kappa shape index (κ2) is 11.6. The van der Waals surface area contributed by atoms with Gasteiger partial charge in [-0.15, -0.1) is 0 Å². The standard InChI is InChI=1S/C27H28FN7O6/c1-26(24(37)39-12-9-29)14-40-27(22(30)36,41-15-26)23-34-20(16-4-6-17(28)7-5-16)21(35-23)19-8-10-31-25(33-19)32-13-18-3-2-11-38-18/h4-8,10,18H,2-3,11-15H2,1H3,(H2,30,36)(H,34,35)(H,31,32,33). The Balaban J connectivity index is 1.50. The third kappa shape index (κ3) is 5.73. The number of nitrogens with one attached hydrogen (secondary N) is 2. The van der Waals surface area contributed by atoms with Crippen LogP contribution in [0.4, 0.5) is 10.3 Å². The van der Waals surface area contributed by atoms with Gasteiger partial charge in [-0.1, -0.05) is 0 Å². The second-order valence-electron chi connectivity index (χ2n) is 9.95. The molecule has 4 heterocycles. The molecule has 1 unspecified atom stereocenters. The molecule has 2 aliphatic rings. The number of nitrogens with two attached hydrogens (primary N) is 1. The number of aromatic amines is 1. The van der Waals surface area contributed by atoms with Gasteiger partial charge in [0.05, 0.1) is 36.4 Å². The first-order valence-electron chi connectivity index (χ1n) is 12.9. The number of hydrogen-bond acceptors (Lipinski definition) is 11. The molecule has 41 heavy (non-hydrogen) atoms. The second-order valence-corrected chi connectivity index (χ2v) is 9.95. The summed E-state index contributed by atoms with van der Waals surface area (Å²) in [4.78, 5) is 41.8. The highest BCUT2D eigenvalue weighted by atomic mass is 19.1. The number of imidazole rings is 1. The first kappa shape index (κ1) is 28.1. The van der Waals surface area contributed by atoms with Crippen LogP contribution >= 0.6 is 0 Å². The first-order chi connectivity index (χ1) is 19.7. The minimum absolute atomic E-state index is 0.0645. The molecule has 5 rings (SSSR count). The Kier molecular flexibility index (Phi) is 7.93. The Labute approximate surface area is 234 Å². The van der Waals surface area contributed by atoms with Crippen LogP contribution in [0.25, 0.3) is 22.6 Å². The zero-order valence-electron chi connectivity index (χ0n) is 22.2. The van der Waals surface area contributed by atoms with Gasteiger partial charge in [0.2, 0.25) is 5.95 Å². The molecule has 2 fully saturated rings. The van der Waals surface area contributed by atoms with E-state index in [9.17, 15) is 14.0 Å². The largest absolute Gasteiger partial charge is 0.450 e. The molecule has 1 aromatic carbocycles. The van der Waals surface area contributed by atoms with E-state index in [1.165, 1.54) is 31.2 Å². The summed E-state index contributed by atoms with van der Waals surface area (Å²) < 4.78 is 35.9. The van der Waals surface area contributed by atoms with Crippen LogP contribution in [-0.2, 0) is 34.3 Å². The van der Waals surface area contributed by atoms with Gasteiger partial charge in [-0.25, -0.2) is 19.3 Å². The summed E-state index contributed by atoms with van der Waals surface area (Å²) in [5.41, 5.74) is 6.05. The van der Waals surface area contributed by atoms with Crippen LogP contribution in [0.5, 0.6) is 0 Å². The van der Waals surface area contributed by atoms with Crippen molar-refractivity contribution in [2.24, 2.45) is 11.1 Å². The Hall–Kier alpha value is -4.45. The number of nitrogens with zero attached hydrogens (tertiary/aromatic N) is 4. The van der Waals surface area contributed by atoms with Gasteiger partial charge in [-0.2, -0.15) is 5.26 Å². The molecule has 4 N–H and O–H groups in total. The Bertz CT molecular complexity index is 1460. The number of benzene rings is 1. The molecular weight excluding hydrogens is 537 g/mol. The van der Waals surface area contributed by atoms with Gasteiger partial charge in [-0.05, 0) is 50.1 Å². The number of primary amides is 1. The maximum absolute atomic E-state index is 13.7. The van der Waals surface area contributed by atoms with Crippen molar-refractivity contribution in [1.29, 1.82) is 5.26 Å². The third-order valence-electron chi connectivity index (χ3n) is 6.83. The molecule has 2 aliphatic heterocycles. The molecule has 0 aliphatic carbocycles. The molecule has 214 valence electrons. The van der Waals surface area contributed by atoms with Gasteiger partial charge in [-0.3, -0.25) is 9.59 Å². The SMILES string of the molecule is CC1(C(=O)OCC#N)COC(C(N)=O)(c2nc(-c3ccc(F)cc3)c(-c3ccnc(NCC4CCCO4)n3)[nH]2)OC1. The van der Waals surface area contributed by atoms with Crippen LogP contribution in [0.3, 0.4) is 0 Å². The van der Waals surface area contributed by atoms with Crippen LogP contribution in [0, 0.1) is 22.6 Å². The lowest BCUT2D eigenvalue weighted by atomic mass is 9.91. The molecule has 1 atom stereocenters.